The zero-order valence-corrected chi connectivity index (χ0v) is 11.0. The molecule has 1 saturated heterocycles. The van der Waals surface area contributed by atoms with Crippen LogP contribution >= 0.6 is 0 Å². The molecule has 1 aliphatic heterocycles. The van der Waals surface area contributed by atoms with Gasteiger partial charge in [0.25, 0.3) is 0 Å². The van der Waals surface area contributed by atoms with Crippen molar-refractivity contribution in [3.63, 3.8) is 0 Å². The van der Waals surface area contributed by atoms with Gasteiger partial charge in [0.15, 0.2) is 0 Å². The van der Waals surface area contributed by atoms with Crippen molar-refractivity contribution in [2.45, 2.75) is 51.0 Å². The Hall–Kier alpha value is -0.120. The molecule has 2 fully saturated rings. The number of rotatable bonds is 9. The second-order valence-corrected chi connectivity index (χ2v) is 5.42. The maximum Gasteiger partial charge on any atom is 0.0495 e. The molecule has 100 valence electrons. The molecule has 0 aromatic heterocycles. The summed E-state index contributed by atoms with van der Waals surface area (Å²) in [7, 11) is 0. The van der Waals surface area contributed by atoms with E-state index in [1.54, 1.807) is 0 Å². The first-order chi connectivity index (χ1) is 8.45. The largest absolute Gasteiger partial charge is 0.381 e. The molecule has 1 heterocycles. The van der Waals surface area contributed by atoms with E-state index >= 15 is 0 Å². The molecule has 0 bridgehead atoms. The van der Waals surface area contributed by atoms with Crippen LogP contribution in [0.3, 0.4) is 0 Å². The van der Waals surface area contributed by atoms with E-state index in [2.05, 4.69) is 5.32 Å². The van der Waals surface area contributed by atoms with Gasteiger partial charge in [-0.1, -0.05) is 0 Å². The number of hydrogen-bond donors (Lipinski definition) is 1. The van der Waals surface area contributed by atoms with Crippen LogP contribution in [0.5, 0.6) is 0 Å². The Morgan fingerprint density at radius 1 is 1.00 bits per heavy atom. The van der Waals surface area contributed by atoms with Gasteiger partial charge < -0.3 is 14.8 Å². The van der Waals surface area contributed by atoms with Gasteiger partial charge in [-0.2, -0.15) is 0 Å². The van der Waals surface area contributed by atoms with E-state index in [1.807, 2.05) is 0 Å². The highest BCUT2D eigenvalue weighted by atomic mass is 16.5. The zero-order chi connectivity index (χ0) is 11.8. The van der Waals surface area contributed by atoms with Gasteiger partial charge in [-0.15, -0.1) is 0 Å². The minimum atomic E-state index is 0.750. The molecule has 3 nitrogen and oxygen atoms in total. The molecular formula is C14H27NO2. The third-order valence-corrected chi connectivity index (χ3v) is 3.67. The van der Waals surface area contributed by atoms with Crippen LogP contribution in [0.15, 0.2) is 0 Å². The Labute approximate surface area is 105 Å². The van der Waals surface area contributed by atoms with E-state index in [4.69, 9.17) is 9.47 Å². The van der Waals surface area contributed by atoms with Crippen LogP contribution in [0.4, 0.5) is 0 Å². The molecule has 0 unspecified atom stereocenters. The topological polar surface area (TPSA) is 30.5 Å². The Kier molecular flexibility index (Phi) is 6.32. The molecule has 17 heavy (non-hydrogen) atoms. The van der Waals surface area contributed by atoms with Gasteiger partial charge in [0, 0.05) is 32.5 Å². The molecule has 0 amide bonds. The summed E-state index contributed by atoms with van der Waals surface area (Å²) in [5.41, 5.74) is 0. The van der Waals surface area contributed by atoms with Crippen LogP contribution in [0, 0.1) is 5.92 Å². The van der Waals surface area contributed by atoms with Gasteiger partial charge in [0.2, 0.25) is 0 Å². The van der Waals surface area contributed by atoms with Gasteiger partial charge in [0.05, 0.1) is 0 Å². The predicted octanol–water partition coefficient (Wildman–Crippen LogP) is 2.35. The SMILES string of the molecule is C(CCNC1CC1)CCOCC1CCOCC1. The summed E-state index contributed by atoms with van der Waals surface area (Å²) in [5.74, 6) is 0.750. The standard InChI is InChI=1S/C14H27NO2/c1(2-8-15-14-4-5-14)3-9-17-12-13-6-10-16-11-7-13/h13-15H,1-12H2. The van der Waals surface area contributed by atoms with Crippen LogP contribution in [-0.2, 0) is 9.47 Å². The summed E-state index contributed by atoms with van der Waals surface area (Å²) in [4.78, 5) is 0. The number of hydrogen-bond acceptors (Lipinski definition) is 3. The first-order valence-corrected chi connectivity index (χ1v) is 7.34. The number of unbranched alkanes of at least 4 members (excludes halogenated alkanes) is 2. The summed E-state index contributed by atoms with van der Waals surface area (Å²) in [6, 6.07) is 0.861. The van der Waals surface area contributed by atoms with Crippen LogP contribution in [0.25, 0.3) is 0 Å². The van der Waals surface area contributed by atoms with E-state index in [0.717, 1.165) is 38.4 Å². The zero-order valence-electron chi connectivity index (χ0n) is 11.0. The minimum Gasteiger partial charge on any atom is -0.381 e. The van der Waals surface area contributed by atoms with Crippen molar-refractivity contribution in [2.24, 2.45) is 5.92 Å². The van der Waals surface area contributed by atoms with Gasteiger partial charge in [0.1, 0.15) is 0 Å². The van der Waals surface area contributed by atoms with E-state index in [-0.39, 0.29) is 0 Å². The van der Waals surface area contributed by atoms with Gasteiger partial charge >= 0.3 is 0 Å². The monoisotopic (exact) mass is 241 g/mol. The number of nitrogens with one attached hydrogen (secondary N) is 1. The van der Waals surface area contributed by atoms with Gasteiger partial charge in [-0.05, 0) is 57.4 Å². The van der Waals surface area contributed by atoms with E-state index < -0.39 is 0 Å². The van der Waals surface area contributed by atoms with Crippen molar-refractivity contribution in [3.05, 3.63) is 0 Å². The van der Waals surface area contributed by atoms with E-state index in [0.29, 0.717) is 0 Å². The molecular weight excluding hydrogens is 214 g/mol. The van der Waals surface area contributed by atoms with Gasteiger partial charge in [-0.25, -0.2) is 0 Å². The molecule has 0 atom stereocenters. The van der Waals surface area contributed by atoms with Crippen molar-refractivity contribution in [2.75, 3.05) is 33.0 Å². The first-order valence-electron chi connectivity index (χ1n) is 7.34. The molecule has 1 saturated carbocycles. The minimum absolute atomic E-state index is 0.750. The Morgan fingerprint density at radius 2 is 1.82 bits per heavy atom. The fourth-order valence-electron chi connectivity index (χ4n) is 2.26. The van der Waals surface area contributed by atoms with Crippen LogP contribution in [-0.4, -0.2) is 39.0 Å². The highest BCUT2D eigenvalue weighted by Gasteiger charge is 2.19. The predicted molar refractivity (Wildman–Crippen MR) is 69.2 cm³/mol. The number of ether oxygens (including phenoxy) is 2. The molecule has 0 aromatic carbocycles. The summed E-state index contributed by atoms with van der Waals surface area (Å²) >= 11 is 0. The van der Waals surface area contributed by atoms with Crippen molar-refractivity contribution in [1.82, 2.24) is 5.32 Å². The lowest BCUT2D eigenvalue weighted by atomic mass is 10.0. The molecule has 1 N–H and O–H groups in total. The lowest BCUT2D eigenvalue weighted by Crippen LogP contribution is -2.20. The Morgan fingerprint density at radius 3 is 2.59 bits per heavy atom. The van der Waals surface area contributed by atoms with Crippen molar-refractivity contribution >= 4 is 0 Å². The Balaban J connectivity index is 1.31. The summed E-state index contributed by atoms with van der Waals surface area (Å²) < 4.78 is 11.1. The highest BCUT2D eigenvalue weighted by molar-refractivity contribution is 4.80. The maximum atomic E-state index is 5.74. The van der Waals surface area contributed by atoms with Crippen molar-refractivity contribution in [3.8, 4) is 0 Å². The van der Waals surface area contributed by atoms with E-state index in [1.165, 1.54) is 51.5 Å². The van der Waals surface area contributed by atoms with Crippen LogP contribution in [0.1, 0.15) is 44.9 Å². The molecule has 0 spiro atoms. The first kappa shape index (κ1) is 13.3. The van der Waals surface area contributed by atoms with Crippen molar-refractivity contribution < 1.29 is 9.47 Å². The van der Waals surface area contributed by atoms with Crippen LogP contribution in [0.2, 0.25) is 0 Å². The molecule has 1 aliphatic carbocycles. The molecule has 2 aliphatic rings. The molecule has 3 heteroatoms. The highest BCUT2D eigenvalue weighted by Crippen LogP contribution is 2.18. The maximum absolute atomic E-state index is 5.74. The lowest BCUT2D eigenvalue weighted by Gasteiger charge is -2.21. The second-order valence-electron chi connectivity index (χ2n) is 5.42. The molecule has 0 radical (unpaired) electrons. The second kappa shape index (κ2) is 8.06. The fourth-order valence-corrected chi connectivity index (χ4v) is 2.26. The Bertz CT molecular complexity index is 189. The smallest absolute Gasteiger partial charge is 0.0495 e. The summed E-state index contributed by atoms with van der Waals surface area (Å²) in [6.07, 6.45) is 8.99. The van der Waals surface area contributed by atoms with Crippen molar-refractivity contribution in [1.29, 1.82) is 0 Å². The third-order valence-electron chi connectivity index (χ3n) is 3.67. The fraction of sp³-hybridized carbons (Fsp3) is 1.00. The average molecular weight is 241 g/mol. The quantitative estimate of drug-likeness (QED) is 0.629. The van der Waals surface area contributed by atoms with Gasteiger partial charge in [-0.3, -0.25) is 0 Å². The van der Waals surface area contributed by atoms with Crippen LogP contribution < -0.4 is 5.32 Å². The summed E-state index contributed by atoms with van der Waals surface area (Å²) in [6.45, 7) is 4.96. The molecule has 0 aromatic rings. The summed E-state index contributed by atoms with van der Waals surface area (Å²) in [5, 5.41) is 3.54. The molecule has 2 rings (SSSR count). The lowest BCUT2D eigenvalue weighted by molar-refractivity contribution is 0.0198. The average Bonchev–Trinajstić information content (AvgIpc) is 3.18. The normalized spacial score (nSPS) is 21.9. The third kappa shape index (κ3) is 6.39. The van der Waals surface area contributed by atoms with E-state index in [9.17, 15) is 0 Å².